The van der Waals surface area contributed by atoms with Crippen molar-refractivity contribution in [3.63, 3.8) is 0 Å². The van der Waals surface area contributed by atoms with Gasteiger partial charge in [0.1, 0.15) is 5.71 Å². The van der Waals surface area contributed by atoms with Gasteiger partial charge < -0.3 is 5.73 Å². The van der Waals surface area contributed by atoms with E-state index in [1.54, 1.807) is 6.92 Å². The highest BCUT2D eigenvalue weighted by atomic mass is 19.4. The Morgan fingerprint density at radius 2 is 2.00 bits per heavy atom. The van der Waals surface area contributed by atoms with Crippen LogP contribution in [0, 0.1) is 0 Å². The number of aliphatic imine (C=N–C) groups is 1. The molecule has 1 atom stereocenters. The fraction of sp³-hybridized carbons (Fsp3) is 0.444. The van der Waals surface area contributed by atoms with Crippen LogP contribution in [0.1, 0.15) is 13.8 Å². The molecule has 0 fully saturated rings. The lowest BCUT2D eigenvalue weighted by molar-refractivity contribution is -0.0576. The number of alkyl halides is 3. The second kappa shape index (κ2) is 5.59. The number of allylic oxidation sites excluding steroid dienone is 2. The van der Waals surface area contributed by atoms with Gasteiger partial charge in [0, 0.05) is 12.2 Å². The third kappa shape index (κ3) is 5.53. The monoisotopic (exact) mass is 206 g/mol. The number of nitrogens with two attached hydrogens (primary N) is 1. The molecule has 5 heteroatoms. The maximum absolute atomic E-state index is 12.2. The zero-order valence-corrected chi connectivity index (χ0v) is 8.05. The van der Waals surface area contributed by atoms with Gasteiger partial charge in [-0.25, -0.2) is 0 Å². The van der Waals surface area contributed by atoms with Crippen LogP contribution in [0.4, 0.5) is 13.2 Å². The maximum Gasteiger partial charge on any atom is 0.433 e. The van der Waals surface area contributed by atoms with Crippen LogP contribution < -0.4 is 5.73 Å². The van der Waals surface area contributed by atoms with E-state index in [1.165, 1.54) is 19.1 Å². The Morgan fingerprint density at radius 1 is 1.43 bits per heavy atom. The van der Waals surface area contributed by atoms with E-state index in [1.807, 2.05) is 0 Å². The molecular weight excluding hydrogens is 193 g/mol. The van der Waals surface area contributed by atoms with E-state index >= 15 is 0 Å². The number of hydrogen-bond acceptors (Lipinski definition) is 2. The van der Waals surface area contributed by atoms with Crippen molar-refractivity contribution in [2.45, 2.75) is 26.1 Å². The van der Waals surface area contributed by atoms with Gasteiger partial charge in [-0.1, -0.05) is 6.08 Å². The van der Waals surface area contributed by atoms with Crippen molar-refractivity contribution >= 4 is 5.71 Å². The number of hydrogen-bond donors (Lipinski definition) is 1. The Labute approximate surface area is 81.0 Å². The summed E-state index contributed by atoms with van der Waals surface area (Å²) in [5.74, 6) is 0. The number of rotatable bonds is 3. The zero-order chi connectivity index (χ0) is 11.2. The molecule has 0 aromatic rings. The number of nitrogens with zero attached hydrogens (tertiary/aromatic N) is 1. The SMILES string of the molecule is C\C=C/C(=N\C=C\C(C)N)C(F)(F)F. The molecule has 2 N–H and O–H groups in total. The highest BCUT2D eigenvalue weighted by molar-refractivity contribution is 5.99. The lowest BCUT2D eigenvalue weighted by Crippen LogP contribution is -2.20. The third-order valence-corrected chi connectivity index (χ3v) is 1.22. The molecule has 0 saturated carbocycles. The minimum Gasteiger partial charge on any atom is -0.325 e. The van der Waals surface area contributed by atoms with E-state index in [9.17, 15) is 13.2 Å². The molecule has 1 unspecified atom stereocenters. The lowest BCUT2D eigenvalue weighted by Gasteiger charge is -2.04. The molecule has 0 spiro atoms. The second-order valence-corrected chi connectivity index (χ2v) is 2.71. The Balaban J connectivity index is 4.67. The molecule has 0 aromatic carbocycles. The van der Waals surface area contributed by atoms with Crippen molar-refractivity contribution < 1.29 is 13.2 Å². The van der Waals surface area contributed by atoms with Crippen LogP contribution in [-0.4, -0.2) is 17.9 Å². The average molecular weight is 206 g/mol. The summed E-state index contributed by atoms with van der Waals surface area (Å²) in [7, 11) is 0. The quantitative estimate of drug-likeness (QED) is 0.707. The minimum atomic E-state index is -4.42. The molecule has 0 aromatic heterocycles. The predicted molar refractivity (Wildman–Crippen MR) is 51.1 cm³/mol. The highest BCUT2D eigenvalue weighted by Crippen LogP contribution is 2.18. The lowest BCUT2D eigenvalue weighted by atomic mass is 10.3. The summed E-state index contributed by atoms with van der Waals surface area (Å²) in [6.45, 7) is 3.14. The average Bonchev–Trinajstić information content (AvgIpc) is 2.00. The summed E-state index contributed by atoms with van der Waals surface area (Å²) in [6.07, 6.45) is 0.217. The van der Waals surface area contributed by atoms with Crippen LogP contribution >= 0.6 is 0 Å². The van der Waals surface area contributed by atoms with Crippen LogP contribution in [0.2, 0.25) is 0 Å². The molecule has 0 saturated heterocycles. The normalized spacial score (nSPS) is 16.9. The van der Waals surface area contributed by atoms with Crippen molar-refractivity contribution in [3.8, 4) is 0 Å². The summed E-state index contributed by atoms with van der Waals surface area (Å²) >= 11 is 0. The third-order valence-electron chi connectivity index (χ3n) is 1.22. The van der Waals surface area contributed by atoms with E-state index in [0.717, 1.165) is 12.3 Å². The summed E-state index contributed by atoms with van der Waals surface area (Å²) in [5.41, 5.74) is 4.37. The minimum absolute atomic E-state index is 0.307. The van der Waals surface area contributed by atoms with E-state index < -0.39 is 11.9 Å². The van der Waals surface area contributed by atoms with Gasteiger partial charge in [0.2, 0.25) is 0 Å². The molecule has 0 heterocycles. The number of halogens is 3. The maximum atomic E-state index is 12.2. The van der Waals surface area contributed by atoms with Gasteiger partial charge in [-0.3, -0.25) is 4.99 Å². The summed E-state index contributed by atoms with van der Waals surface area (Å²) in [5, 5.41) is 0. The summed E-state index contributed by atoms with van der Waals surface area (Å²) in [6, 6.07) is -0.307. The predicted octanol–water partition coefficient (Wildman–Crippen LogP) is 2.43. The molecule has 14 heavy (non-hydrogen) atoms. The molecule has 0 amide bonds. The van der Waals surface area contributed by atoms with Crippen LogP contribution in [0.5, 0.6) is 0 Å². The molecule has 0 bridgehead atoms. The highest BCUT2D eigenvalue weighted by Gasteiger charge is 2.33. The largest absolute Gasteiger partial charge is 0.433 e. The smallest absolute Gasteiger partial charge is 0.325 e. The Bertz CT molecular complexity index is 249. The fourth-order valence-corrected chi connectivity index (χ4v) is 0.628. The first-order valence-corrected chi connectivity index (χ1v) is 4.08. The molecule has 0 rings (SSSR count). The standard InChI is InChI=1S/C9H13F3N2/c1-3-4-8(9(10,11)12)14-6-5-7(2)13/h3-7H,13H2,1-2H3/b4-3-,6-5+,14-8+. The van der Waals surface area contributed by atoms with Gasteiger partial charge in [-0.15, -0.1) is 0 Å². The topological polar surface area (TPSA) is 38.4 Å². The first-order chi connectivity index (χ1) is 6.38. The van der Waals surface area contributed by atoms with Gasteiger partial charge >= 0.3 is 6.18 Å². The molecule has 0 aliphatic heterocycles. The Morgan fingerprint density at radius 3 is 2.36 bits per heavy atom. The van der Waals surface area contributed by atoms with Crippen molar-refractivity contribution in [2.75, 3.05) is 0 Å². The second-order valence-electron chi connectivity index (χ2n) is 2.71. The molecule has 0 radical (unpaired) electrons. The Kier molecular flexibility index (Phi) is 5.15. The van der Waals surface area contributed by atoms with E-state index in [0.29, 0.717) is 0 Å². The molecule has 80 valence electrons. The van der Waals surface area contributed by atoms with Gasteiger partial charge in [0.15, 0.2) is 0 Å². The molecule has 2 nitrogen and oxygen atoms in total. The summed E-state index contributed by atoms with van der Waals surface area (Å²) < 4.78 is 36.6. The van der Waals surface area contributed by atoms with Crippen molar-refractivity contribution in [1.29, 1.82) is 0 Å². The van der Waals surface area contributed by atoms with Gasteiger partial charge in [-0.05, 0) is 26.0 Å². The first-order valence-electron chi connectivity index (χ1n) is 4.08. The van der Waals surface area contributed by atoms with E-state index in [4.69, 9.17) is 5.73 Å². The van der Waals surface area contributed by atoms with E-state index in [2.05, 4.69) is 4.99 Å². The zero-order valence-electron chi connectivity index (χ0n) is 8.05. The van der Waals surface area contributed by atoms with Crippen molar-refractivity contribution in [1.82, 2.24) is 0 Å². The molecular formula is C9H13F3N2. The fourth-order valence-electron chi connectivity index (χ4n) is 0.628. The van der Waals surface area contributed by atoms with Crippen molar-refractivity contribution in [2.24, 2.45) is 10.7 Å². The van der Waals surface area contributed by atoms with Gasteiger partial charge in [0.05, 0.1) is 0 Å². The van der Waals surface area contributed by atoms with Gasteiger partial charge in [0.25, 0.3) is 0 Å². The van der Waals surface area contributed by atoms with Crippen LogP contribution in [0.25, 0.3) is 0 Å². The molecule has 0 aliphatic rings. The summed E-state index contributed by atoms with van der Waals surface area (Å²) in [4.78, 5) is 3.27. The molecule has 0 aliphatic carbocycles. The van der Waals surface area contributed by atoms with Crippen LogP contribution in [-0.2, 0) is 0 Å². The van der Waals surface area contributed by atoms with Crippen molar-refractivity contribution in [3.05, 3.63) is 24.4 Å². The Hall–Kier alpha value is -1.10. The van der Waals surface area contributed by atoms with Crippen LogP contribution in [0.3, 0.4) is 0 Å². The van der Waals surface area contributed by atoms with Gasteiger partial charge in [-0.2, -0.15) is 13.2 Å². The first kappa shape index (κ1) is 12.9. The van der Waals surface area contributed by atoms with Crippen LogP contribution in [0.15, 0.2) is 29.4 Å². The van der Waals surface area contributed by atoms with E-state index in [-0.39, 0.29) is 6.04 Å².